The molecule has 0 atom stereocenters. The summed E-state index contributed by atoms with van der Waals surface area (Å²) in [5.74, 6) is -0.496. The molecule has 296 valence electrons. The molecule has 10 heteroatoms. The number of benzene rings is 5. The van der Waals surface area contributed by atoms with Crippen LogP contribution in [0, 0.1) is 11.6 Å². The fraction of sp³-hybridized carbons (Fsp3) is 0.167. The van der Waals surface area contributed by atoms with Gasteiger partial charge in [-0.05, 0) is 79.8 Å². The molecule has 0 aliphatic carbocycles. The summed E-state index contributed by atoms with van der Waals surface area (Å²) in [4.78, 5) is 10.8. The number of aromatic nitrogens is 2. The van der Waals surface area contributed by atoms with Crippen LogP contribution in [0.15, 0.2) is 188 Å². The molecule has 0 saturated heterocycles. The molecule has 0 aliphatic heterocycles. The Bertz CT molecular complexity index is 2060. The van der Waals surface area contributed by atoms with E-state index in [-0.39, 0.29) is 23.7 Å². The Labute approximate surface area is 340 Å². The lowest BCUT2D eigenvalue weighted by Gasteiger charge is -2.37. The lowest BCUT2D eigenvalue weighted by molar-refractivity contribution is -0.882. The zero-order valence-electron chi connectivity index (χ0n) is 32.7. The fourth-order valence-electron chi connectivity index (χ4n) is 6.73. The SMILES string of the molecule is CCO[n+]1ccccc1-c1ccccc1F.CCO[n+]1ccccc1-c1ccccc1F.[O-]B([O-])OCCCC(c1ccccc1)(c1ccccc1)c1ccccc1. The number of hydrogen-bond acceptors (Lipinski definition) is 5. The average molecular weight is 781 g/mol. The molecule has 0 spiro atoms. The van der Waals surface area contributed by atoms with E-state index < -0.39 is 7.32 Å². The van der Waals surface area contributed by atoms with Crippen LogP contribution in [0.25, 0.3) is 22.5 Å². The Morgan fingerprint density at radius 1 is 0.500 bits per heavy atom. The van der Waals surface area contributed by atoms with Gasteiger partial charge in [-0.15, -0.1) is 0 Å². The van der Waals surface area contributed by atoms with E-state index in [1.807, 2.05) is 117 Å². The molecule has 0 aliphatic rings. The monoisotopic (exact) mass is 780 g/mol. The maximum absolute atomic E-state index is 13.6. The first-order chi connectivity index (χ1) is 28.4. The molecule has 5 aromatic carbocycles. The first-order valence-electron chi connectivity index (χ1n) is 19.3. The molecule has 0 bridgehead atoms. The third kappa shape index (κ3) is 11.4. The van der Waals surface area contributed by atoms with Crippen molar-refractivity contribution in [2.75, 3.05) is 19.8 Å². The maximum atomic E-state index is 13.6. The van der Waals surface area contributed by atoms with Crippen molar-refractivity contribution in [1.29, 1.82) is 0 Å². The summed E-state index contributed by atoms with van der Waals surface area (Å²) >= 11 is 0. The summed E-state index contributed by atoms with van der Waals surface area (Å²) in [5.41, 5.74) is 5.67. The summed E-state index contributed by atoms with van der Waals surface area (Å²) < 4.78 is 35.2. The molecule has 0 radical (unpaired) electrons. The zero-order chi connectivity index (χ0) is 41.0. The minimum atomic E-state index is -2.23. The van der Waals surface area contributed by atoms with Crippen LogP contribution >= 0.6 is 0 Å². The summed E-state index contributed by atoms with van der Waals surface area (Å²) in [6.45, 7) is 5.02. The maximum Gasteiger partial charge on any atom is 0.267 e. The molecule has 0 amide bonds. The predicted octanol–water partition coefficient (Wildman–Crippen LogP) is 6.98. The number of rotatable bonds is 14. The Morgan fingerprint density at radius 3 is 1.22 bits per heavy atom. The van der Waals surface area contributed by atoms with Gasteiger partial charge in [0.05, 0.1) is 18.4 Å². The first-order valence-corrected chi connectivity index (χ1v) is 19.3. The van der Waals surface area contributed by atoms with Crippen LogP contribution in [0.2, 0.25) is 0 Å². The summed E-state index contributed by atoms with van der Waals surface area (Å²) in [6, 6.07) is 55.4. The number of nitrogens with zero attached hydrogens (tertiary/aromatic N) is 2. The lowest BCUT2D eigenvalue weighted by Crippen LogP contribution is -2.48. The molecular formula is C48H47BF2N2O5. The van der Waals surface area contributed by atoms with E-state index in [9.17, 15) is 18.8 Å². The van der Waals surface area contributed by atoms with E-state index in [1.54, 1.807) is 46.1 Å². The molecule has 58 heavy (non-hydrogen) atoms. The van der Waals surface area contributed by atoms with E-state index in [0.717, 1.165) is 6.42 Å². The summed E-state index contributed by atoms with van der Waals surface area (Å²) in [6.07, 6.45) is 4.88. The zero-order valence-corrected chi connectivity index (χ0v) is 32.7. The van der Waals surface area contributed by atoms with Crippen LogP contribution in [0.3, 0.4) is 0 Å². The van der Waals surface area contributed by atoms with Crippen molar-refractivity contribution in [3.63, 3.8) is 0 Å². The number of pyridine rings is 2. The van der Waals surface area contributed by atoms with Gasteiger partial charge in [-0.3, -0.25) is 9.68 Å². The lowest BCUT2D eigenvalue weighted by atomic mass is 9.67. The van der Waals surface area contributed by atoms with Gasteiger partial charge in [-0.25, -0.2) is 8.78 Å². The van der Waals surface area contributed by atoms with E-state index in [2.05, 4.69) is 36.4 Å². The summed E-state index contributed by atoms with van der Waals surface area (Å²) in [7, 11) is -2.23. The number of halogens is 2. The topological polar surface area (TPSA) is 81.6 Å². The minimum Gasteiger partial charge on any atom is -0.871 e. The highest BCUT2D eigenvalue weighted by molar-refractivity contribution is 6.28. The molecule has 7 aromatic rings. The van der Waals surface area contributed by atoms with Gasteiger partial charge >= 0.3 is 0 Å². The van der Waals surface area contributed by atoms with E-state index in [0.29, 0.717) is 42.1 Å². The van der Waals surface area contributed by atoms with Gasteiger partial charge in [-0.2, -0.15) is 0 Å². The molecular weight excluding hydrogens is 733 g/mol. The molecule has 0 N–H and O–H groups in total. The van der Waals surface area contributed by atoms with E-state index in [1.165, 1.54) is 28.8 Å². The highest BCUT2D eigenvalue weighted by Gasteiger charge is 2.35. The fourth-order valence-corrected chi connectivity index (χ4v) is 6.73. The van der Waals surface area contributed by atoms with Crippen molar-refractivity contribution in [2.45, 2.75) is 32.1 Å². The largest absolute Gasteiger partial charge is 0.871 e. The molecule has 0 unspecified atom stereocenters. The third-order valence-corrected chi connectivity index (χ3v) is 9.23. The molecule has 0 saturated carbocycles. The van der Waals surface area contributed by atoms with Crippen LogP contribution in [-0.2, 0) is 10.1 Å². The van der Waals surface area contributed by atoms with Crippen molar-refractivity contribution < 1.29 is 42.6 Å². The Kier molecular flexibility index (Phi) is 16.7. The first kappa shape index (κ1) is 42.9. The summed E-state index contributed by atoms with van der Waals surface area (Å²) in [5, 5.41) is 21.4. The van der Waals surface area contributed by atoms with Crippen LogP contribution in [0.5, 0.6) is 0 Å². The smallest absolute Gasteiger partial charge is 0.267 e. The molecule has 2 aromatic heterocycles. The van der Waals surface area contributed by atoms with Crippen LogP contribution in [-0.4, -0.2) is 27.1 Å². The van der Waals surface area contributed by atoms with Crippen molar-refractivity contribution in [2.24, 2.45) is 0 Å². The second kappa shape index (κ2) is 22.5. The molecule has 0 fully saturated rings. The van der Waals surface area contributed by atoms with Gasteiger partial charge in [0, 0.05) is 45.7 Å². The van der Waals surface area contributed by atoms with E-state index >= 15 is 0 Å². The second-order valence-corrected chi connectivity index (χ2v) is 12.9. The number of hydrogen-bond donors (Lipinski definition) is 0. The van der Waals surface area contributed by atoms with Crippen LogP contribution < -0.4 is 29.2 Å². The normalized spacial score (nSPS) is 10.7. The molecule has 2 heterocycles. The van der Waals surface area contributed by atoms with Gasteiger partial charge in [0.1, 0.15) is 11.6 Å². The second-order valence-electron chi connectivity index (χ2n) is 12.9. The minimum absolute atomic E-state index is 0.159. The average Bonchev–Trinajstić information content (AvgIpc) is 3.26. The van der Waals surface area contributed by atoms with Gasteiger partial charge in [-0.1, -0.05) is 115 Å². The highest BCUT2D eigenvalue weighted by Crippen LogP contribution is 2.43. The predicted molar refractivity (Wildman–Crippen MR) is 218 cm³/mol. The van der Waals surface area contributed by atoms with Gasteiger partial charge in [0.25, 0.3) is 11.4 Å². The Hall–Kier alpha value is -6.20. The van der Waals surface area contributed by atoms with Crippen LogP contribution in [0.4, 0.5) is 8.78 Å². The van der Waals surface area contributed by atoms with Gasteiger partial charge in [0.15, 0.2) is 13.2 Å². The Balaban J connectivity index is 0.000000174. The molecule has 7 nitrogen and oxygen atoms in total. The highest BCUT2D eigenvalue weighted by atomic mass is 19.1. The van der Waals surface area contributed by atoms with E-state index in [4.69, 9.17) is 14.3 Å². The standard InChI is InChI=1S/C22H21BO3.2C13H13FNO/c24-23(25)26-18-10-17-22(19-11-4-1-5-12-19,20-13-6-2-7-14-20)21-15-8-3-9-16-21;2*1-2-16-15-10-6-5-9-13(15)11-7-3-4-8-12(11)14/h1-9,11-16H,10,17-18H2;2*3-10H,2H2,1H3/q-2;2*+1. The third-order valence-electron chi connectivity index (χ3n) is 9.23. The van der Waals surface area contributed by atoms with Gasteiger partial charge in [0.2, 0.25) is 12.4 Å². The van der Waals surface area contributed by atoms with Crippen molar-refractivity contribution >= 4 is 7.32 Å². The quantitative estimate of drug-likeness (QED) is 0.0516. The van der Waals surface area contributed by atoms with Crippen molar-refractivity contribution in [3.8, 4) is 22.5 Å². The Morgan fingerprint density at radius 2 is 0.862 bits per heavy atom. The van der Waals surface area contributed by atoms with Crippen molar-refractivity contribution in [3.05, 3.63) is 217 Å². The van der Waals surface area contributed by atoms with Crippen LogP contribution in [0.1, 0.15) is 43.4 Å². The van der Waals surface area contributed by atoms with Gasteiger partial charge < -0.3 is 14.7 Å². The van der Waals surface area contributed by atoms with Crippen molar-refractivity contribution in [1.82, 2.24) is 0 Å². The molecule has 7 rings (SSSR count).